The molecule has 2 saturated heterocycles. The Balaban J connectivity index is 1.31. The lowest BCUT2D eigenvalue weighted by Crippen LogP contribution is -2.56. The Kier molecular flexibility index (Phi) is 7.24. The molecule has 2 aliphatic rings. The molecule has 2 aromatic heterocycles. The molecule has 2 fully saturated rings. The number of carbonyl (C=O) groups is 1. The molecule has 1 aromatic carbocycles. The molecule has 4 heterocycles. The van der Waals surface area contributed by atoms with Gasteiger partial charge in [0, 0.05) is 67.0 Å². The Labute approximate surface area is 212 Å². The zero-order valence-electron chi connectivity index (χ0n) is 18.5. The van der Waals surface area contributed by atoms with Crippen LogP contribution < -0.4 is 15.5 Å². The maximum atomic E-state index is 12.9. The van der Waals surface area contributed by atoms with Crippen LogP contribution in [0, 0.1) is 0 Å². The van der Waals surface area contributed by atoms with Gasteiger partial charge in [0.15, 0.2) is 5.65 Å². The molecule has 11 heteroatoms. The first-order valence-corrected chi connectivity index (χ1v) is 13.1. The highest BCUT2D eigenvalue weighted by Gasteiger charge is 2.29. The molecular formula is C23H25Cl2N7OS. The molecule has 0 aliphatic carbocycles. The van der Waals surface area contributed by atoms with Gasteiger partial charge in [0.2, 0.25) is 11.9 Å². The van der Waals surface area contributed by atoms with Crippen molar-refractivity contribution in [1.29, 1.82) is 0 Å². The van der Waals surface area contributed by atoms with E-state index in [4.69, 9.17) is 33.2 Å². The molecule has 0 radical (unpaired) electrons. The molecular weight excluding hydrogens is 493 g/mol. The van der Waals surface area contributed by atoms with E-state index in [1.807, 2.05) is 40.9 Å². The maximum Gasteiger partial charge on any atom is 0.240 e. The molecule has 8 nitrogen and oxygen atoms in total. The van der Waals surface area contributed by atoms with Gasteiger partial charge in [0.1, 0.15) is 5.82 Å². The van der Waals surface area contributed by atoms with E-state index in [-0.39, 0.29) is 11.9 Å². The summed E-state index contributed by atoms with van der Waals surface area (Å²) >= 11 is 14.2. The minimum atomic E-state index is -0.0816. The topological polar surface area (TPSA) is 86.3 Å². The SMILES string of the molecule is O=C(C1CSCCN1)N1CCN(c2nc(NCc3ccc(Cl)cc3Cl)c3cccnc3n2)CC1. The second-order valence-corrected chi connectivity index (χ2v) is 10.2. The van der Waals surface area contributed by atoms with Crippen molar-refractivity contribution in [3.8, 4) is 0 Å². The van der Waals surface area contributed by atoms with Crippen molar-refractivity contribution in [3.63, 3.8) is 0 Å². The van der Waals surface area contributed by atoms with E-state index in [0.29, 0.717) is 60.2 Å². The van der Waals surface area contributed by atoms with Crippen molar-refractivity contribution in [3.05, 3.63) is 52.1 Å². The number of carbonyl (C=O) groups excluding carboxylic acids is 1. The number of amides is 1. The van der Waals surface area contributed by atoms with Crippen molar-refractivity contribution in [2.45, 2.75) is 12.6 Å². The van der Waals surface area contributed by atoms with Crippen LogP contribution in [0.5, 0.6) is 0 Å². The number of halogens is 2. The Morgan fingerprint density at radius 1 is 1.18 bits per heavy atom. The second kappa shape index (κ2) is 10.5. The van der Waals surface area contributed by atoms with Gasteiger partial charge in [-0.3, -0.25) is 4.79 Å². The summed E-state index contributed by atoms with van der Waals surface area (Å²) in [4.78, 5) is 30.9. The molecule has 0 saturated carbocycles. The maximum absolute atomic E-state index is 12.9. The van der Waals surface area contributed by atoms with Crippen LogP contribution in [0.2, 0.25) is 10.0 Å². The molecule has 2 aliphatic heterocycles. The molecule has 1 atom stereocenters. The Bertz CT molecular complexity index is 1180. The summed E-state index contributed by atoms with van der Waals surface area (Å²) in [6, 6.07) is 9.18. The van der Waals surface area contributed by atoms with Crippen molar-refractivity contribution < 1.29 is 4.79 Å². The van der Waals surface area contributed by atoms with Gasteiger partial charge in [0.25, 0.3) is 0 Å². The summed E-state index contributed by atoms with van der Waals surface area (Å²) in [6.07, 6.45) is 1.73. The summed E-state index contributed by atoms with van der Waals surface area (Å²) in [7, 11) is 0. The van der Waals surface area contributed by atoms with Gasteiger partial charge in [0.05, 0.1) is 11.4 Å². The summed E-state index contributed by atoms with van der Waals surface area (Å²) < 4.78 is 0. The number of aromatic nitrogens is 3. The number of anilines is 2. The molecule has 2 N–H and O–H groups in total. The predicted molar refractivity (Wildman–Crippen MR) is 139 cm³/mol. The van der Waals surface area contributed by atoms with Crippen LogP contribution in [-0.2, 0) is 11.3 Å². The van der Waals surface area contributed by atoms with Crippen LogP contribution >= 0.6 is 35.0 Å². The molecule has 3 aromatic rings. The van der Waals surface area contributed by atoms with Crippen LogP contribution in [0.25, 0.3) is 11.0 Å². The lowest BCUT2D eigenvalue weighted by molar-refractivity contribution is -0.133. The average molecular weight is 518 g/mol. The standard InChI is InChI=1S/C23H25Cl2N7OS/c24-16-4-3-15(18(25)12-16)13-28-21-17-2-1-5-27-20(17)29-23(30-21)32-9-7-31(8-10-32)22(33)19-14-34-11-6-26-19/h1-5,12,19,26H,6-11,13-14H2,(H,27,28,29,30). The molecule has 0 bridgehead atoms. The number of hydrogen-bond donors (Lipinski definition) is 2. The summed E-state index contributed by atoms with van der Waals surface area (Å²) in [5.74, 6) is 3.39. The highest BCUT2D eigenvalue weighted by molar-refractivity contribution is 7.99. The third-order valence-corrected chi connectivity index (χ3v) is 7.66. The van der Waals surface area contributed by atoms with E-state index in [1.54, 1.807) is 12.3 Å². The lowest BCUT2D eigenvalue weighted by Gasteiger charge is -2.37. The average Bonchev–Trinajstić information content (AvgIpc) is 2.88. The quantitative estimate of drug-likeness (QED) is 0.533. The van der Waals surface area contributed by atoms with Gasteiger partial charge in [-0.2, -0.15) is 21.7 Å². The lowest BCUT2D eigenvalue weighted by atomic mass is 10.2. The van der Waals surface area contributed by atoms with Crippen molar-refractivity contribution in [2.24, 2.45) is 0 Å². The number of thioether (sulfide) groups is 1. The first kappa shape index (κ1) is 23.4. The molecule has 0 spiro atoms. The second-order valence-electron chi connectivity index (χ2n) is 8.23. The fourth-order valence-electron chi connectivity index (χ4n) is 4.14. The summed E-state index contributed by atoms with van der Waals surface area (Å²) in [5.41, 5.74) is 1.55. The van der Waals surface area contributed by atoms with E-state index >= 15 is 0 Å². The molecule has 1 amide bonds. The van der Waals surface area contributed by atoms with Crippen molar-refractivity contribution >= 4 is 63.7 Å². The molecule has 1 unspecified atom stereocenters. The zero-order chi connectivity index (χ0) is 23.5. The van der Waals surface area contributed by atoms with E-state index in [9.17, 15) is 4.79 Å². The van der Waals surface area contributed by atoms with Crippen LogP contribution in [-0.4, -0.2) is 76.0 Å². The monoisotopic (exact) mass is 517 g/mol. The number of nitrogens with one attached hydrogen (secondary N) is 2. The van der Waals surface area contributed by atoms with E-state index in [0.717, 1.165) is 29.0 Å². The highest BCUT2D eigenvalue weighted by Crippen LogP contribution is 2.26. The van der Waals surface area contributed by atoms with Crippen LogP contribution in [0.4, 0.5) is 11.8 Å². The van der Waals surface area contributed by atoms with E-state index in [2.05, 4.69) is 20.5 Å². The van der Waals surface area contributed by atoms with Gasteiger partial charge in [-0.15, -0.1) is 0 Å². The number of rotatable bonds is 5. The van der Waals surface area contributed by atoms with E-state index < -0.39 is 0 Å². The van der Waals surface area contributed by atoms with Gasteiger partial charge in [-0.1, -0.05) is 29.3 Å². The fraction of sp³-hybridized carbons (Fsp3) is 0.391. The number of pyridine rings is 1. The van der Waals surface area contributed by atoms with Gasteiger partial charge >= 0.3 is 0 Å². The highest BCUT2D eigenvalue weighted by atomic mass is 35.5. The number of piperazine rings is 1. The van der Waals surface area contributed by atoms with Crippen LogP contribution in [0.15, 0.2) is 36.5 Å². The van der Waals surface area contributed by atoms with Crippen molar-refractivity contribution in [2.75, 3.05) is 54.4 Å². The normalized spacial score (nSPS) is 18.8. The zero-order valence-corrected chi connectivity index (χ0v) is 20.8. The van der Waals surface area contributed by atoms with E-state index in [1.165, 1.54) is 0 Å². The molecule has 34 heavy (non-hydrogen) atoms. The Hall–Kier alpha value is -2.33. The first-order chi connectivity index (χ1) is 16.6. The van der Waals surface area contributed by atoms with Gasteiger partial charge in [-0.05, 0) is 29.8 Å². The Morgan fingerprint density at radius 2 is 2.03 bits per heavy atom. The van der Waals surface area contributed by atoms with Crippen molar-refractivity contribution in [1.82, 2.24) is 25.2 Å². The Morgan fingerprint density at radius 3 is 2.79 bits per heavy atom. The smallest absolute Gasteiger partial charge is 0.240 e. The third kappa shape index (κ3) is 5.17. The molecule has 5 rings (SSSR count). The molecule has 178 valence electrons. The summed E-state index contributed by atoms with van der Waals surface area (Å²) in [5, 5.41) is 8.77. The predicted octanol–water partition coefficient (Wildman–Crippen LogP) is 3.30. The third-order valence-electron chi connectivity index (χ3n) is 6.01. The number of fused-ring (bicyclic) bond motifs is 1. The fourth-order valence-corrected chi connectivity index (χ4v) is 5.54. The minimum absolute atomic E-state index is 0.0816. The van der Waals surface area contributed by atoms with Gasteiger partial charge < -0.3 is 20.4 Å². The minimum Gasteiger partial charge on any atom is -0.365 e. The number of nitrogens with zero attached hydrogens (tertiary/aromatic N) is 5. The first-order valence-electron chi connectivity index (χ1n) is 11.2. The number of benzene rings is 1. The number of hydrogen-bond acceptors (Lipinski definition) is 8. The largest absolute Gasteiger partial charge is 0.365 e. The van der Waals surface area contributed by atoms with Crippen LogP contribution in [0.1, 0.15) is 5.56 Å². The van der Waals surface area contributed by atoms with Gasteiger partial charge in [-0.25, -0.2) is 4.98 Å². The summed E-state index contributed by atoms with van der Waals surface area (Å²) in [6.45, 7) is 4.02. The van der Waals surface area contributed by atoms with Crippen LogP contribution in [0.3, 0.4) is 0 Å².